The highest BCUT2D eigenvalue weighted by Crippen LogP contribution is 2.20. The van der Waals surface area contributed by atoms with Crippen molar-refractivity contribution >= 4 is 17.5 Å². The van der Waals surface area contributed by atoms with Crippen molar-refractivity contribution < 1.29 is 9.53 Å². The summed E-state index contributed by atoms with van der Waals surface area (Å²) in [5, 5.41) is 3.21. The number of nitrogens with zero attached hydrogens (tertiary/aromatic N) is 1. The van der Waals surface area contributed by atoms with Crippen molar-refractivity contribution in [1.29, 1.82) is 0 Å². The maximum absolute atomic E-state index is 12.0. The summed E-state index contributed by atoms with van der Waals surface area (Å²) in [6, 6.07) is 3.37. The number of halogens is 1. The van der Waals surface area contributed by atoms with Gasteiger partial charge < -0.3 is 10.1 Å². The molecule has 1 aromatic rings. The highest BCUT2D eigenvalue weighted by atomic mass is 35.5. The molecule has 1 amide bonds. The summed E-state index contributed by atoms with van der Waals surface area (Å²) in [5.74, 6) is -0.126. The molecule has 0 unspecified atom stereocenters. The first-order valence-corrected chi connectivity index (χ1v) is 7.63. The van der Waals surface area contributed by atoms with Gasteiger partial charge in [0.25, 0.3) is 5.91 Å². The zero-order valence-electron chi connectivity index (χ0n) is 11.8. The average molecular weight is 297 g/mol. The van der Waals surface area contributed by atoms with Crippen LogP contribution in [0.4, 0.5) is 0 Å². The molecule has 0 bridgehead atoms. The number of aryl methyl sites for hydroxylation is 1. The van der Waals surface area contributed by atoms with Gasteiger partial charge in [0.15, 0.2) is 0 Å². The van der Waals surface area contributed by atoms with Crippen LogP contribution in [0.1, 0.15) is 48.7 Å². The number of ether oxygens (including phenoxy) is 1. The van der Waals surface area contributed by atoms with Crippen molar-refractivity contribution in [3.8, 4) is 0 Å². The topological polar surface area (TPSA) is 51.2 Å². The van der Waals surface area contributed by atoms with Gasteiger partial charge in [-0.05, 0) is 31.4 Å². The van der Waals surface area contributed by atoms with Crippen LogP contribution in [-0.4, -0.2) is 30.1 Å². The van der Waals surface area contributed by atoms with Gasteiger partial charge >= 0.3 is 0 Å². The average Bonchev–Trinajstić information content (AvgIpc) is 2.95. The Morgan fingerprint density at radius 2 is 2.20 bits per heavy atom. The monoisotopic (exact) mass is 296 g/mol. The van der Waals surface area contributed by atoms with E-state index in [4.69, 9.17) is 16.3 Å². The number of carbonyl (C=O) groups excluding carboxylic acids is 1. The van der Waals surface area contributed by atoms with E-state index < -0.39 is 0 Å². The summed E-state index contributed by atoms with van der Waals surface area (Å²) in [4.78, 5) is 16.2. The molecule has 1 aliphatic rings. The number of nitrogens with one attached hydrogen (secondary N) is 1. The van der Waals surface area contributed by atoms with Gasteiger partial charge in [0.1, 0.15) is 5.15 Å². The Labute approximate surface area is 124 Å². The molecule has 0 aromatic carbocycles. The Morgan fingerprint density at radius 3 is 2.90 bits per heavy atom. The van der Waals surface area contributed by atoms with E-state index in [0.29, 0.717) is 30.0 Å². The predicted molar refractivity (Wildman–Crippen MR) is 79.2 cm³/mol. The number of hydrogen-bond acceptors (Lipinski definition) is 3. The molecule has 1 saturated carbocycles. The molecule has 110 valence electrons. The van der Waals surface area contributed by atoms with Crippen LogP contribution in [0.3, 0.4) is 0 Å². The van der Waals surface area contributed by atoms with Crippen LogP contribution in [0, 0.1) is 0 Å². The second-order valence-corrected chi connectivity index (χ2v) is 5.44. The molecule has 0 radical (unpaired) electrons. The Morgan fingerprint density at radius 1 is 1.45 bits per heavy atom. The van der Waals surface area contributed by atoms with E-state index in [2.05, 4.69) is 10.3 Å². The Bertz CT molecular complexity index is 459. The van der Waals surface area contributed by atoms with E-state index >= 15 is 0 Å². The number of pyridine rings is 1. The van der Waals surface area contributed by atoms with E-state index in [-0.39, 0.29) is 5.91 Å². The minimum absolute atomic E-state index is 0.126. The van der Waals surface area contributed by atoms with E-state index in [1.807, 2.05) is 6.92 Å². The summed E-state index contributed by atoms with van der Waals surface area (Å²) in [5.41, 5.74) is 1.38. The molecular formula is C15H21ClN2O2. The number of amides is 1. The van der Waals surface area contributed by atoms with Crippen molar-refractivity contribution in [3.63, 3.8) is 0 Å². The second-order valence-electron chi connectivity index (χ2n) is 5.06. The van der Waals surface area contributed by atoms with Gasteiger partial charge in [-0.25, -0.2) is 4.98 Å². The molecule has 5 heteroatoms. The minimum Gasteiger partial charge on any atom is -0.376 e. The third kappa shape index (κ3) is 4.46. The van der Waals surface area contributed by atoms with Gasteiger partial charge in [0.05, 0.1) is 12.7 Å². The first-order valence-electron chi connectivity index (χ1n) is 7.25. The molecule has 1 fully saturated rings. The van der Waals surface area contributed by atoms with E-state index in [1.54, 1.807) is 12.1 Å². The number of carbonyl (C=O) groups is 1. The van der Waals surface area contributed by atoms with Crippen LogP contribution < -0.4 is 5.32 Å². The molecule has 0 aliphatic heterocycles. The summed E-state index contributed by atoms with van der Waals surface area (Å²) < 4.78 is 5.70. The van der Waals surface area contributed by atoms with Crippen LogP contribution in [0.15, 0.2) is 12.1 Å². The van der Waals surface area contributed by atoms with E-state index in [9.17, 15) is 4.79 Å². The van der Waals surface area contributed by atoms with Crippen molar-refractivity contribution in [1.82, 2.24) is 10.3 Å². The van der Waals surface area contributed by atoms with E-state index in [0.717, 1.165) is 25.0 Å². The lowest BCUT2D eigenvalue weighted by Gasteiger charge is -2.11. The molecule has 1 heterocycles. The van der Waals surface area contributed by atoms with E-state index in [1.165, 1.54) is 12.8 Å². The van der Waals surface area contributed by atoms with Crippen molar-refractivity contribution in [2.45, 2.75) is 45.1 Å². The fraction of sp³-hybridized carbons (Fsp3) is 0.600. The Balaban J connectivity index is 1.77. The summed E-state index contributed by atoms with van der Waals surface area (Å²) in [7, 11) is 0. The molecular weight excluding hydrogens is 276 g/mol. The van der Waals surface area contributed by atoms with Crippen LogP contribution in [0.5, 0.6) is 0 Å². The third-order valence-electron chi connectivity index (χ3n) is 3.51. The van der Waals surface area contributed by atoms with Gasteiger partial charge in [-0.15, -0.1) is 0 Å². The fourth-order valence-electron chi connectivity index (χ4n) is 2.41. The maximum atomic E-state index is 12.0. The number of hydrogen-bond donors (Lipinski definition) is 1. The summed E-state index contributed by atoms with van der Waals surface area (Å²) in [6.07, 6.45) is 5.94. The van der Waals surface area contributed by atoms with Crippen LogP contribution >= 0.6 is 11.6 Å². The lowest BCUT2D eigenvalue weighted by atomic mass is 10.2. The highest BCUT2D eigenvalue weighted by Gasteiger charge is 2.15. The molecule has 1 aliphatic carbocycles. The Kier molecular flexibility index (Phi) is 5.80. The van der Waals surface area contributed by atoms with Crippen LogP contribution in [0.2, 0.25) is 5.15 Å². The summed E-state index contributed by atoms with van der Waals surface area (Å²) in [6.45, 7) is 3.07. The Hall–Kier alpha value is -1.13. The summed E-state index contributed by atoms with van der Waals surface area (Å²) >= 11 is 5.90. The van der Waals surface area contributed by atoms with Gasteiger partial charge in [-0.3, -0.25) is 4.79 Å². The molecule has 4 nitrogen and oxygen atoms in total. The molecule has 20 heavy (non-hydrogen) atoms. The zero-order valence-corrected chi connectivity index (χ0v) is 12.6. The number of rotatable bonds is 6. The number of aromatic nitrogens is 1. The van der Waals surface area contributed by atoms with Crippen molar-refractivity contribution in [2.24, 2.45) is 0 Å². The third-order valence-corrected chi connectivity index (χ3v) is 3.71. The van der Waals surface area contributed by atoms with Gasteiger partial charge in [0, 0.05) is 17.8 Å². The molecule has 1 aromatic heterocycles. The lowest BCUT2D eigenvalue weighted by Crippen LogP contribution is -2.28. The van der Waals surface area contributed by atoms with Crippen molar-refractivity contribution in [2.75, 3.05) is 13.2 Å². The normalized spacial score (nSPS) is 15.5. The zero-order chi connectivity index (χ0) is 14.4. The van der Waals surface area contributed by atoms with Crippen LogP contribution in [0.25, 0.3) is 0 Å². The van der Waals surface area contributed by atoms with Crippen LogP contribution in [-0.2, 0) is 11.2 Å². The quantitative estimate of drug-likeness (QED) is 0.648. The highest BCUT2D eigenvalue weighted by molar-refractivity contribution is 6.29. The van der Waals surface area contributed by atoms with Gasteiger partial charge in [-0.1, -0.05) is 31.4 Å². The SMILES string of the molecule is CCc1cc(C(=O)NCCOC2CCCC2)cc(Cl)n1. The maximum Gasteiger partial charge on any atom is 0.251 e. The standard InChI is InChI=1S/C15H21ClN2O2/c1-2-12-9-11(10-14(16)18-12)15(19)17-7-8-20-13-5-3-4-6-13/h9-10,13H,2-8H2,1H3,(H,17,19). The molecule has 0 atom stereocenters. The molecule has 1 N–H and O–H groups in total. The molecule has 2 rings (SSSR count). The van der Waals surface area contributed by atoms with Gasteiger partial charge in [-0.2, -0.15) is 0 Å². The second kappa shape index (κ2) is 7.60. The minimum atomic E-state index is -0.126. The largest absolute Gasteiger partial charge is 0.376 e. The van der Waals surface area contributed by atoms with Gasteiger partial charge in [0.2, 0.25) is 0 Å². The lowest BCUT2D eigenvalue weighted by molar-refractivity contribution is 0.0582. The van der Waals surface area contributed by atoms with Crippen molar-refractivity contribution in [3.05, 3.63) is 28.5 Å². The first-order chi connectivity index (χ1) is 9.69. The smallest absolute Gasteiger partial charge is 0.251 e. The molecule has 0 saturated heterocycles. The fourth-order valence-corrected chi connectivity index (χ4v) is 2.64. The molecule has 0 spiro atoms. The first kappa shape index (κ1) is 15.3. The predicted octanol–water partition coefficient (Wildman–Crippen LogP) is 2.99.